The van der Waals surface area contributed by atoms with E-state index in [-0.39, 0.29) is 12.4 Å². The molecule has 1 amide bonds. The molecule has 0 saturated heterocycles. The Morgan fingerprint density at radius 1 is 1.33 bits per heavy atom. The van der Waals surface area contributed by atoms with E-state index in [1.165, 1.54) is 0 Å². The van der Waals surface area contributed by atoms with Crippen molar-refractivity contribution in [3.05, 3.63) is 29.3 Å². The first kappa shape index (κ1) is 13.7. The molecule has 0 bridgehead atoms. The van der Waals surface area contributed by atoms with Gasteiger partial charge < -0.3 is 5.73 Å². The van der Waals surface area contributed by atoms with Gasteiger partial charge in [-0.25, -0.2) is 0 Å². The number of nitrogens with zero attached hydrogens (tertiary/aromatic N) is 1. The molecule has 4 heteroatoms. The number of aliphatic imine (C=N–C) groups is 1. The van der Waals surface area contributed by atoms with Crippen LogP contribution in [-0.2, 0) is 0 Å². The number of halogens is 1. The number of hydrogen-bond donors (Lipinski definition) is 1. The predicted molar refractivity (Wildman–Crippen MR) is 65.4 cm³/mol. The molecule has 0 atom stereocenters. The third-order valence-corrected chi connectivity index (χ3v) is 1.84. The lowest BCUT2D eigenvalue weighted by atomic mass is 10.1. The van der Waals surface area contributed by atoms with Crippen molar-refractivity contribution in [3.8, 4) is 0 Å². The fraction of sp³-hybridized carbons (Fsp3) is 0.273. The molecule has 0 fully saturated rings. The van der Waals surface area contributed by atoms with Crippen molar-refractivity contribution < 1.29 is 4.79 Å². The molecule has 0 aromatic heterocycles. The van der Waals surface area contributed by atoms with Gasteiger partial charge in [-0.1, -0.05) is 12.1 Å². The predicted octanol–water partition coefficient (Wildman–Crippen LogP) is 2.63. The van der Waals surface area contributed by atoms with Gasteiger partial charge >= 0.3 is 0 Å². The Morgan fingerprint density at radius 2 is 1.93 bits per heavy atom. The lowest BCUT2D eigenvalue weighted by molar-refractivity contribution is 0.100. The Kier molecular flexibility index (Phi) is 5.02. The van der Waals surface area contributed by atoms with Crippen LogP contribution in [0.15, 0.2) is 23.2 Å². The van der Waals surface area contributed by atoms with Crippen LogP contribution >= 0.6 is 12.4 Å². The SMILES string of the molecule is CC(C)=Nc1c(C)cccc1C(N)=O.Cl. The maximum Gasteiger partial charge on any atom is 0.250 e. The zero-order valence-electron chi connectivity index (χ0n) is 9.07. The highest BCUT2D eigenvalue weighted by Crippen LogP contribution is 2.23. The Morgan fingerprint density at radius 3 is 2.40 bits per heavy atom. The summed E-state index contributed by atoms with van der Waals surface area (Å²) < 4.78 is 0. The summed E-state index contributed by atoms with van der Waals surface area (Å²) in [5.41, 5.74) is 8.27. The van der Waals surface area contributed by atoms with Crippen LogP contribution in [0.4, 0.5) is 5.69 Å². The highest BCUT2D eigenvalue weighted by molar-refractivity contribution is 5.99. The average molecular weight is 227 g/mol. The van der Waals surface area contributed by atoms with Gasteiger partial charge in [-0.15, -0.1) is 12.4 Å². The monoisotopic (exact) mass is 226 g/mol. The molecule has 0 radical (unpaired) electrons. The maximum absolute atomic E-state index is 11.1. The second-order valence-corrected chi connectivity index (χ2v) is 3.39. The van der Waals surface area contributed by atoms with Crippen molar-refractivity contribution in [2.24, 2.45) is 10.7 Å². The van der Waals surface area contributed by atoms with Crippen LogP contribution < -0.4 is 5.73 Å². The minimum atomic E-state index is -0.436. The van der Waals surface area contributed by atoms with Crippen molar-refractivity contribution in [3.63, 3.8) is 0 Å². The van der Waals surface area contributed by atoms with E-state index >= 15 is 0 Å². The van der Waals surface area contributed by atoms with Gasteiger partial charge in [0, 0.05) is 5.71 Å². The molecule has 0 spiro atoms. The van der Waals surface area contributed by atoms with Crippen molar-refractivity contribution in [1.29, 1.82) is 0 Å². The standard InChI is InChI=1S/C11H14N2O.ClH/c1-7(2)13-10-8(3)5-4-6-9(10)11(12)14;/h4-6H,1-3H3,(H2,12,14);1H. The second kappa shape index (κ2) is 5.51. The summed E-state index contributed by atoms with van der Waals surface area (Å²) in [7, 11) is 0. The molecule has 3 nitrogen and oxygen atoms in total. The largest absolute Gasteiger partial charge is 0.366 e. The lowest BCUT2D eigenvalue weighted by Crippen LogP contribution is -2.11. The molecule has 0 saturated carbocycles. The lowest BCUT2D eigenvalue weighted by Gasteiger charge is -2.05. The number of primary amides is 1. The van der Waals surface area contributed by atoms with Crippen LogP contribution in [0.1, 0.15) is 29.8 Å². The Bertz CT molecular complexity index is 396. The molecule has 0 aliphatic rings. The Hall–Kier alpha value is -1.35. The topological polar surface area (TPSA) is 55.4 Å². The zero-order valence-corrected chi connectivity index (χ0v) is 9.89. The number of aryl methyl sites for hydroxylation is 1. The van der Waals surface area contributed by atoms with E-state index in [1.54, 1.807) is 12.1 Å². The first-order chi connectivity index (χ1) is 6.52. The van der Waals surface area contributed by atoms with Crippen LogP contribution in [0.2, 0.25) is 0 Å². The van der Waals surface area contributed by atoms with Gasteiger partial charge in [0.05, 0.1) is 11.3 Å². The summed E-state index contributed by atoms with van der Waals surface area (Å²) in [6.45, 7) is 5.68. The summed E-state index contributed by atoms with van der Waals surface area (Å²) in [5.74, 6) is -0.436. The van der Waals surface area contributed by atoms with Gasteiger partial charge in [-0.05, 0) is 32.4 Å². The smallest absolute Gasteiger partial charge is 0.250 e. The normalized spacial score (nSPS) is 9.00. The highest BCUT2D eigenvalue weighted by Gasteiger charge is 2.08. The number of para-hydroxylation sites is 1. The van der Waals surface area contributed by atoms with Gasteiger partial charge in [0.1, 0.15) is 0 Å². The molecule has 1 aromatic carbocycles. The molecule has 0 unspecified atom stereocenters. The summed E-state index contributed by atoms with van der Waals surface area (Å²) in [4.78, 5) is 15.4. The molecular weight excluding hydrogens is 212 g/mol. The van der Waals surface area contributed by atoms with Gasteiger partial charge in [0.2, 0.25) is 0 Å². The van der Waals surface area contributed by atoms with Crippen LogP contribution in [0.25, 0.3) is 0 Å². The summed E-state index contributed by atoms with van der Waals surface area (Å²) in [6.07, 6.45) is 0. The van der Waals surface area contributed by atoms with Crippen LogP contribution in [0, 0.1) is 6.92 Å². The number of rotatable bonds is 2. The Balaban J connectivity index is 0.00000196. The first-order valence-electron chi connectivity index (χ1n) is 4.43. The number of hydrogen-bond acceptors (Lipinski definition) is 2. The minimum Gasteiger partial charge on any atom is -0.366 e. The summed E-state index contributed by atoms with van der Waals surface area (Å²) in [5, 5.41) is 0. The quantitative estimate of drug-likeness (QED) is 0.775. The number of amides is 1. The van der Waals surface area contributed by atoms with Crippen molar-refractivity contribution in [1.82, 2.24) is 0 Å². The number of carbonyl (C=O) groups is 1. The number of benzene rings is 1. The van der Waals surface area contributed by atoms with Crippen molar-refractivity contribution in [2.45, 2.75) is 20.8 Å². The minimum absolute atomic E-state index is 0. The zero-order chi connectivity index (χ0) is 10.7. The first-order valence-corrected chi connectivity index (χ1v) is 4.43. The summed E-state index contributed by atoms with van der Waals surface area (Å²) >= 11 is 0. The fourth-order valence-corrected chi connectivity index (χ4v) is 1.23. The number of nitrogens with two attached hydrogens (primary N) is 1. The van der Waals surface area contributed by atoms with E-state index < -0.39 is 5.91 Å². The van der Waals surface area contributed by atoms with E-state index in [1.807, 2.05) is 26.8 Å². The van der Waals surface area contributed by atoms with E-state index in [0.29, 0.717) is 11.3 Å². The third-order valence-electron chi connectivity index (χ3n) is 1.84. The van der Waals surface area contributed by atoms with E-state index in [0.717, 1.165) is 11.3 Å². The third kappa shape index (κ3) is 3.36. The highest BCUT2D eigenvalue weighted by atomic mass is 35.5. The van der Waals surface area contributed by atoms with Crippen molar-refractivity contribution in [2.75, 3.05) is 0 Å². The summed E-state index contributed by atoms with van der Waals surface area (Å²) in [6, 6.07) is 5.41. The molecule has 15 heavy (non-hydrogen) atoms. The van der Waals surface area contributed by atoms with E-state index in [4.69, 9.17) is 5.73 Å². The Labute approximate surface area is 95.8 Å². The van der Waals surface area contributed by atoms with Gasteiger partial charge in [0.25, 0.3) is 5.91 Å². The fourth-order valence-electron chi connectivity index (χ4n) is 1.23. The molecule has 0 aliphatic heterocycles. The van der Waals surface area contributed by atoms with Gasteiger partial charge in [-0.2, -0.15) is 0 Å². The van der Waals surface area contributed by atoms with E-state index in [2.05, 4.69) is 4.99 Å². The molecule has 1 aromatic rings. The van der Waals surface area contributed by atoms with Crippen LogP contribution in [0.5, 0.6) is 0 Å². The van der Waals surface area contributed by atoms with Gasteiger partial charge in [-0.3, -0.25) is 9.79 Å². The molecule has 2 N–H and O–H groups in total. The van der Waals surface area contributed by atoms with Crippen molar-refractivity contribution >= 4 is 29.7 Å². The molecule has 0 heterocycles. The second-order valence-electron chi connectivity index (χ2n) is 3.39. The molecule has 1 rings (SSSR count). The molecule has 0 aliphatic carbocycles. The maximum atomic E-state index is 11.1. The average Bonchev–Trinajstić information content (AvgIpc) is 2.07. The molecule has 82 valence electrons. The van der Waals surface area contributed by atoms with Crippen LogP contribution in [0.3, 0.4) is 0 Å². The van der Waals surface area contributed by atoms with E-state index in [9.17, 15) is 4.79 Å². The van der Waals surface area contributed by atoms with Gasteiger partial charge in [0.15, 0.2) is 0 Å². The number of carbonyl (C=O) groups excluding carboxylic acids is 1. The molecular formula is C11H15ClN2O. The van der Waals surface area contributed by atoms with Crippen LogP contribution in [-0.4, -0.2) is 11.6 Å².